The van der Waals surface area contributed by atoms with Crippen LogP contribution in [0.15, 0.2) is 18.6 Å². The molecule has 1 aliphatic heterocycles. The minimum atomic E-state index is -3.14. The fourth-order valence-corrected chi connectivity index (χ4v) is 7.01. The number of fused-ring (bicyclic) bond motifs is 1. The predicted molar refractivity (Wildman–Crippen MR) is 116 cm³/mol. The molecule has 2 aliphatic rings. The monoisotopic (exact) mass is 419 g/mol. The zero-order valence-electron chi connectivity index (χ0n) is 17.5. The van der Waals surface area contributed by atoms with Gasteiger partial charge in [-0.15, -0.1) is 0 Å². The molecule has 1 unspecified atom stereocenters. The molecule has 4 rings (SSSR count). The summed E-state index contributed by atoms with van der Waals surface area (Å²) in [6.07, 6.45) is 10.7. The highest BCUT2D eigenvalue weighted by atomic mass is 32.2. The topological polar surface area (TPSA) is 82.2 Å². The first kappa shape index (κ1) is 20.6. The number of sulfonamides is 1. The largest absolute Gasteiger partial charge is 0.356 e. The molecule has 1 saturated carbocycles. The predicted octanol–water partition coefficient (Wildman–Crippen LogP) is 3.40. The molecule has 1 saturated heterocycles. The molecular formula is C21H33N5O2S. The first-order valence-corrected chi connectivity index (χ1v) is 12.6. The molecule has 0 spiro atoms. The number of anilines is 1. The molecule has 0 amide bonds. The van der Waals surface area contributed by atoms with Crippen molar-refractivity contribution in [2.75, 3.05) is 30.8 Å². The quantitative estimate of drug-likeness (QED) is 0.776. The van der Waals surface area contributed by atoms with Crippen molar-refractivity contribution in [1.29, 1.82) is 0 Å². The summed E-state index contributed by atoms with van der Waals surface area (Å²) in [4.78, 5) is 14.2. The summed E-state index contributed by atoms with van der Waals surface area (Å²) in [5.41, 5.74) is 0.855. The summed E-state index contributed by atoms with van der Waals surface area (Å²) in [6.45, 7) is 3.59. The van der Waals surface area contributed by atoms with Crippen molar-refractivity contribution in [3.8, 4) is 0 Å². The van der Waals surface area contributed by atoms with Crippen LogP contribution in [0.4, 0.5) is 5.82 Å². The third-order valence-corrected chi connectivity index (χ3v) is 8.94. The van der Waals surface area contributed by atoms with Gasteiger partial charge in [-0.1, -0.05) is 13.3 Å². The van der Waals surface area contributed by atoms with Gasteiger partial charge in [0.25, 0.3) is 0 Å². The van der Waals surface area contributed by atoms with E-state index in [2.05, 4.69) is 33.8 Å². The van der Waals surface area contributed by atoms with E-state index in [1.54, 1.807) is 10.6 Å². The number of piperidine rings is 1. The molecule has 2 aromatic heterocycles. The van der Waals surface area contributed by atoms with Crippen LogP contribution in [0, 0.1) is 11.8 Å². The minimum absolute atomic E-state index is 0.268. The smallest absolute Gasteiger partial charge is 0.214 e. The highest BCUT2D eigenvalue weighted by Gasteiger charge is 2.33. The third-order valence-electron chi connectivity index (χ3n) is 6.93. The maximum Gasteiger partial charge on any atom is 0.214 e. The number of hydrogen-bond acceptors (Lipinski definition) is 5. The second-order valence-electron chi connectivity index (χ2n) is 8.78. The van der Waals surface area contributed by atoms with E-state index in [0.29, 0.717) is 24.3 Å². The van der Waals surface area contributed by atoms with E-state index in [4.69, 9.17) is 0 Å². The Hall–Kier alpha value is -1.67. The van der Waals surface area contributed by atoms with E-state index < -0.39 is 10.0 Å². The number of rotatable bonds is 6. The van der Waals surface area contributed by atoms with Crippen molar-refractivity contribution in [3.05, 3.63) is 18.6 Å². The minimum Gasteiger partial charge on any atom is -0.356 e. The molecule has 2 fully saturated rings. The van der Waals surface area contributed by atoms with Gasteiger partial charge in [-0.25, -0.2) is 22.7 Å². The molecule has 7 nitrogen and oxygen atoms in total. The summed E-state index contributed by atoms with van der Waals surface area (Å²) in [5, 5.41) is 1.04. The van der Waals surface area contributed by atoms with Crippen LogP contribution in [-0.4, -0.2) is 59.6 Å². The summed E-state index contributed by atoms with van der Waals surface area (Å²) in [6, 6.07) is 2.41. The average Bonchev–Trinajstić information content (AvgIpc) is 3.22. The molecule has 1 atom stereocenters. The zero-order valence-corrected chi connectivity index (χ0v) is 18.4. The maximum atomic E-state index is 13.0. The first-order valence-electron chi connectivity index (χ1n) is 11.0. The van der Waals surface area contributed by atoms with E-state index in [1.165, 1.54) is 0 Å². The Balaban J connectivity index is 1.35. The lowest BCUT2D eigenvalue weighted by atomic mass is 9.86. The van der Waals surface area contributed by atoms with Gasteiger partial charge in [-0.05, 0) is 56.4 Å². The number of aromatic amines is 1. The van der Waals surface area contributed by atoms with Crippen LogP contribution in [0.25, 0.3) is 11.0 Å². The van der Waals surface area contributed by atoms with Gasteiger partial charge in [0.2, 0.25) is 10.0 Å². The number of H-pyrrole nitrogens is 1. The van der Waals surface area contributed by atoms with Crippen LogP contribution in [0.2, 0.25) is 0 Å². The van der Waals surface area contributed by atoms with Crippen LogP contribution in [-0.2, 0) is 10.0 Å². The van der Waals surface area contributed by atoms with Gasteiger partial charge < -0.3 is 9.88 Å². The number of aromatic nitrogens is 3. The molecule has 1 N–H and O–H groups in total. The summed E-state index contributed by atoms with van der Waals surface area (Å²) >= 11 is 0. The van der Waals surface area contributed by atoms with Crippen LogP contribution in [0.5, 0.6) is 0 Å². The standard InChI is InChI=1S/C21H33N5O2S/c1-3-16-5-4-12-26(13-16)29(27,28)14-17-6-8-18(9-7-17)25(2)21-19-10-11-22-20(19)23-15-24-21/h10-11,15-18H,3-9,12-14H2,1-2H3,(H,22,23,24)/t16?,17-,18-. The lowest BCUT2D eigenvalue weighted by Gasteiger charge is -2.37. The number of hydrogen-bond donors (Lipinski definition) is 1. The Labute approximate surface area is 174 Å². The Kier molecular flexibility index (Phi) is 6.11. The average molecular weight is 420 g/mol. The van der Waals surface area contributed by atoms with E-state index in [-0.39, 0.29) is 5.92 Å². The Morgan fingerprint density at radius 3 is 2.72 bits per heavy atom. The van der Waals surface area contributed by atoms with Crippen molar-refractivity contribution in [1.82, 2.24) is 19.3 Å². The summed E-state index contributed by atoms with van der Waals surface area (Å²) in [5.74, 6) is 2.06. The van der Waals surface area contributed by atoms with Gasteiger partial charge in [0, 0.05) is 32.4 Å². The molecule has 3 heterocycles. The molecule has 160 valence electrons. The number of nitrogens with zero attached hydrogens (tertiary/aromatic N) is 4. The van der Waals surface area contributed by atoms with Crippen LogP contribution >= 0.6 is 0 Å². The van der Waals surface area contributed by atoms with Gasteiger partial charge in [0.15, 0.2) is 0 Å². The fraction of sp³-hybridized carbons (Fsp3) is 0.714. The lowest BCUT2D eigenvalue weighted by Crippen LogP contribution is -2.43. The molecular weight excluding hydrogens is 386 g/mol. The molecule has 8 heteroatoms. The van der Waals surface area contributed by atoms with Crippen molar-refractivity contribution in [3.63, 3.8) is 0 Å². The highest BCUT2D eigenvalue weighted by molar-refractivity contribution is 7.89. The molecule has 0 radical (unpaired) electrons. The number of nitrogens with one attached hydrogen (secondary N) is 1. The first-order chi connectivity index (χ1) is 14.0. The van der Waals surface area contributed by atoms with Gasteiger partial charge in [0.05, 0.1) is 11.1 Å². The van der Waals surface area contributed by atoms with Crippen molar-refractivity contribution < 1.29 is 8.42 Å². The Morgan fingerprint density at radius 2 is 1.97 bits per heavy atom. The fourth-order valence-electron chi connectivity index (χ4n) is 5.03. The zero-order chi connectivity index (χ0) is 20.4. The molecule has 29 heavy (non-hydrogen) atoms. The second-order valence-corrected chi connectivity index (χ2v) is 10.8. The van der Waals surface area contributed by atoms with E-state index in [1.807, 2.05) is 12.3 Å². The van der Waals surface area contributed by atoms with Gasteiger partial charge >= 0.3 is 0 Å². The van der Waals surface area contributed by atoms with E-state index >= 15 is 0 Å². The SMILES string of the molecule is CCC1CCCN(S(=O)(=O)C[C@H]2CC[C@H](N(C)c3ncnc4[nH]ccc34)CC2)C1. The Bertz CT molecular complexity index is 920. The van der Waals surface area contributed by atoms with Crippen molar-refractivity contribution >= 4 is 26.9 Å². The molecule has 2 aromatic rings. The highest BCUT2D eigenvalue weighted by Crippen LogP contribution is 2.33. The van der Waals surface area contributed by atoms with Crippen LogP contribution in [0.3, 0.4) is 0 Å². The van der Waals surface area contributed by atoms with Crippen molar-refractivity contribution in [2.45, 2.75) is 57.9 Å². The molecule has 1 aliphatic carbocycles. The van der Waals surface area contributed by atoms with Crippen LogP contribution < -0.4 is 4.90 Å². The van der Waals surface area contributed by atoms with Crippen molar-refractivity contribution in [2.24, 2.45) is 11.8 Å². The van der Waals surface area contributed by atoms with Gasteiger partial charge in [-0.3, -0.25) is 0 Å². The second kappa shape index (κ2) is 8.60. The molecule has 0 aromatic carbocycles. The summed E-state index contributed by atoms with van der Waals surface area (Å²) in [7, 11) is -1.05. The van der Waals surface area contributed by atoms with Gasteiger partial charge in [0.1, 0.15) is 17.8 Å². The van der Waals surface area contributed by atoms with Gasteiger partial charge in [-0.2, -0.15) is 0 Å². The third kappa shape index (κ3) is 4.43. The normalized spacial score (nSPS) is 26.6. The Morgan fingerprint density at radius 1 is 1.17 bits per heavy atom. The lowest BCUT2D eigenvalue weighted by molar-refractivity contribution is 0.257. The molecule has 0 bridgehead atoms. The maximum absolute atomic E-state index is 13.0. The van der Waals surface area contributed by atoms with E-state index in [9.17, 15) is 8.42 Å². The summed E-state index contributed by atoms with van der Waals surface area (Å²) < 4.78 is 27.7. The van der Waals surface area contributed by atoms with Crippen LogP contribution in [0.1, 0.15) is 51.9 Å². The van der Waals surface area contributed by atoms with E-state index in [0.717, 1.165) is 68.3 Å².